The van der Waals surface area contributed by atoms with Gasteiger partial charge in [0.1, 0.15) is 0 Å². The lowest BCUT2D eigenvalue weighted by Crippen LogP contribution is -2.45. The molecule has 0 spiro atoms. The molecule has 2 rings (SSSR count). The Kier molecular flexibility index (Phi) is 6.34. The van der Waals surface area contributed by atoms with E-state index in [4.69, 9.17) is 5.73 Å². The van der Waals surface area contributed by atoms with Gasteiger partial charge in [-0.15, -0.1) is 11.3 Å². The van der Waals surface area contributed by atoms with Crippen LogP contribution in [0, 0.1) is 0 Å². The second-order valence-electron chi connectivity index (χ2n) is 6.42. The summed E-state index contributed by atoms with van der Waals surface area (Å²) >= 11 is 1.59. The van der Waals surface area contributed by atoms with Crippen LogP contribution in [0.25, 0.3) is 0 Å². The van der Waals surface area contributed by atoms with Gasteiger partial charge in [0, 0.05) is 29.1 Å². The lowest BCUT2D eigenvalue weighted by molar-refractivity contribution is 0.0946. The SMILES string of the molecule is CC(C)(N)CNC(=O)c1ccc(S(=O)(=O)NCCc2cccs2)cc1. The number of hydrogen-bond acceptors (Lipinski definition) is 5. The van der Waals surface area contributed by atoms with E-state index >= 15 is 0 Å². The van der Waals surface area contributed by atoms with Crippen LogP contribution in [0.2, 0.25) is 0 Å². The van der Waals surface area contributed by atoms with Crippen molar-refractivity contribution >= 4 is 27.3 Å². The summed E-state index contributed by atoms with van der Waals surface area (Å²) < 4.78 is 27.1. The fraction of sp³-hybridized carbons (Fsp3) is 0.353. The van der Waals surface area contributed by atoms with Gasteiger partial charge in [0.25, 0.3) is 5.91 Å². The summed E-state index contributed by atoms with van der Waals surface area (Å²) in [5.41, 5.74) is 5.71. The maximum Gasteiger partial charge on any atom is 0.251 e. The Morgan fingerprint density at radius 2 is 1.88 bits per heavy atom. The molecule has 0 saturated carbocycles. The summed E-state index contributed by atoms with van der Waals surface area (Å²) in [6.07, 6.45) is 0.645. The average molecular weight is 382 g/mol. The van der Waals surface area contributed by atoms with Crippen molar-refractivity contribution in [2.45, 2.75) is 30.7 Å². The van der Waals surface area contributed by atoms with E-state index in [1.807, 2.05) is 31.4 Å². The van der Waals surface area contributed by atoms with Crippen LogP contribution >= 0.6 is 11.3 Å². The highest BCUT2D eigenvalue weighted by molar-refractivity contribution is 7.89. The number of nitrogens with one attached hydrogen (secondary N) is 2. The average Bonchev–Trinajstić information content (AvgIpc) is 3.05. The summed E-state index contributed by atoms with van der Waals surface area (Å²) in [7, 11) is -3.59. The quantitative estimate of drug-likeness (QED) is 0.648. The standard InChI is InChI=1S/C17H23N3O3S2/c1-17(2,18)12-19-16(21)13-5-7-15(8-6-13)25(22,23)20-10-9-14-4-3-11-24-14/h3-8,11,20H,9-10,12,18H2,1-2H3,(H,19,21). The summed E-state index contributed by atoms with van der Waals surface area (Å²) in [4.78, 5) is 13.3. The van der Waals surface area contributed by atoms with Crippen LogP contribution < -0.4 is 15.8 Å². The molecule has 4 N–H and O–H groups in total. The van der Waals surface area contributed by atoms with Crippen molar-refractivity contribution in [3.63, 3.8) is 0 Å². The third-order valence-electron chi connectivity index (χ3n) is 3.37. The minimum absolute atomic E-state index is 0.134. The van der Waals surface area contributed by atoms with Crippen LogP contribution in [0.15, 0.2) is 46.7 Å². The summed E-state index contributed by atoms with van der Waals surface area (Å²) in [6.45, 7) is 4.28. The molecule has 0 fully saturated rings. The van der Waals surface area contributed by atoms with E-state index in [1.54, 1.807) is 11.3 Å². The molecule has 6 nitrogen and oxygen atoms in total. The molecular formula is C17H23N3O3S2. The molecule has 0 aliphatic heterocycles. The van der Waals surface area contributed by atoms with E-state index in [2.05, 4.69) is 10.0 Å². The van der Waals surface area contributed by atoms with E-state index in [0.717, 1.165) is 4.88 Å². The van der Waals surface area contributed by atoms with Crippen LogP contribution in [0.1, 0.15) is 29.1 Å². The lowest BCUT2D eigenvalue weighted by atomic mass is 10.1. The zero-order valence-corrected chi connectivity index (χ0v) is 15.9. The molecular weight excluding hydrogens is 358 g/mol. The van der Waals surface area contributed by atoms with Gasteiger partial charge in [-0.2, -0.15) is 0 Å². The first kappa shape index (κ1) is 19.6. The molecule has 0 radical (unpaired) electrons. The Hall–Kier alpha value is -1.74. The highest BCUT2D eigenvalue weighted by atomic mass is 32.2. The first-order chi connectivity index (χ1) is 11.7. The lowest BCUT2D eigenvalue weighted by Gasteiger charge is -2.18. The van der Waals surface area contributed by atoms with Gasteiger partial charge in [0.2, 0.25) is 10.0 Å². The molecule has 136 valence electrons. The topological polar surface area (TPSA) is 101 Å². The normalized spacial score (nSPS) is 12.1. The second kappa shape index (κ2) is 8.09. The van der Waals surface area contributed by atoms with Gasteiger partial charge in [0.15, 0.2) is 0 Å². The molecule has 0 unspecified atom stereocenters. The Morgan fingerprint density at radius 1 is 1.20 bits per heavy atom. The summed E-state index contributed by atoms with van der Waals surface area (Å²) in [5.74, 6) is -0.284. The minimum Gasteiger partial charge on any atom is -0.350 e. The molecule has 1 heterocycles. The van der Waals surface area contributed by atoms with Gasteiger partial charge < -0.3 is 11.1 Å². The van der Waals surface area contributed by atoms with E-state index in [9.17, 15) is 13.2 Å². The number of amides is 1. The van der Waals surface area contributed by atoms with Gasteiger partial charge in [-0.1, -0.05) is 6.07 Å². The number of benzene rings is 1. The fourth-order valence-corrected chi connectivity index (χ4v) is 3.78. The van der Waals surface area contributed by atoms with Crippen LogP contribution in [0.3, 0.4) is 0 Å². The molecule has 1 aromatic carbocycles. The first-order valence-electron chi connectivity index (χ1n) is 7.87. The zero-order chi connectivity index (χ0) is 18.5. The van der Waals surface area contributed by atoms with Crippen molar-refractivity contribution in [3.05, 3.63) is 52.2 Å². The van der Waals surface area contributed by atoms with Crippen molar-refractivity contribution < 1.29 is 13.2 Å². The van der Waals surface area contributed by atoms with Gasteiger partial charge in [-0.05, 0) is 56.0 Å². The van der Waals surface area contributed by atoms with E-state index in [0.29, 0.717) is 25.1 Å². The largest absolute Gasteiger partial charge is 0.350 e. The van der Waals surface area contributed by atoms with Gasteiger partial charge in [-0.3, -0.25) is 4.79 Å². The number of sulfonamides is 1. The van der Waals surface area contributed by atoms with Crippen molar-refractivity contribution in [1.82, 2.24) is 10.0 Å². The van der Waals surface area contributed by atoms with Crippen LogP contribution in [-0.2, 0) is 16.4 Å². The molecule has 1 aromatic heterocycles. The molecule has 0 aliphatic rings. The van der Waals surface area contributed by atoms with Crippen LogP contribution in [-0.4, -0.2) is 33.0 Å². The minimum atomic E-state index is -3.59. The van der Waals surface area contributed by atoms with Crippen molar-refractivity contribution in [1.29, 1.82) is 0 Å². The third kappa shape index (κ3) is 6.24. The van der Waals surface area contributed by atoms with Crippen molar-refractivity contribution in [3.8, 4) is 0 Å². The fourth-order valence-electron chi connectivity index (χ4n) is 2.04. The highest BCUT2D eigenvalue weighted by Gasteiger charge is 2.16. The maximum absolute atomic E-state index is 12.3. The van der Waals surface area contributed by atoms with Gasteiger partial charge in [0.05, 0.1) is 4.90 Å². The Bertz CT molecular complexity index is 793. The van der Waals surface area contributed by atoms with Gasteiger partial charge in [-0.25, -0.2) is 13.1 Å². The summed E-state index contributed by atoms with van der Waals surface area (Å²) in [6, 6.07) is 9.74. The Morgan fingerprint density at radius 3 is 2.44 bits per heavy atom. The van der Waals surface area contributed by atoms with Crippen molar-refractivity contribution in [2.75, 3.05) is 13.1 Å². The molecule has 0 saturated heterocycles. The van der Waals surface area contributed by atoms with Crippen LogP contribution in [0.4, 0.5) is 0 Å². The number of rotatable bonds is 8. The monoisotopic (exact) mass is 381 g/mol. The number of hydrogen-bond donors (Lipinski definition) is 3. The Labute approximate surface area is 152 Å². The highest BCUT2D eigenvalue weighted by Crippen LogP contribution is 2.12. The molecule has 2 aromatic rings. The number of thiophene rings is 1. The second-order valence-corrected chi connectivity index (χ2v) is 9.22. The third-order valence-corrected chi connectivity index (χ3v) is 5.79. The number of carbonyl (C=O) groups excluding carboxylic acids is 1. The summed E-state index contributed by atoms with van der Waals surface area (Å²) in [5, 5.41) is 4.68. The van der Waals surface area contributed by atoms with Crippen molar-refractivity contribution in [2.24, 2.45) is 5.73 Å². The molecule has 0 bridgehead atoms. The molecule has 0 atom stereocenters. The molecule has 1 amide bonds. The maximum atomic E-state index is 12.3. The zero-order valence-electron chi connectivity index (χ0n) is 14.3. The first-order valence-corrected chi connectivity index (χ1v) is 10.2. The van der Waals surface area contributed by atoms with Gasteiger partial charge >= 0.3 is 0 Å². The number of nitrogens with two attached hydrogens (primary N) is 1. The Balaban J connectivity index is 1.94. The molecule has 8 heteroatoms. The predicted octanol–water partition coefficient (Wildman–Crippen LogP) is 1.74. The predicted molar refractivity (Wildman–Crippen MR) is 100 cm³/mol. The van der Waals surface area contributed by atoms with E-state index in [1.165, 1.54) is 24.3 Å². The van der Waals surface area contributed by atoms with E-state index in [-0.39, 0.29) is 10.8 Å². The van der Waals surface area contributed by atoms with Crippen LogP contribution in [0.5, 0.6) is 0 Å². The van der Waals surface area contributed by atoms with E-state index < -0.39 is 15.6 Å². The molecule has 0 aliphatic carbocycles. The number of carbonyl (C=O) groups is 1. The smallest absolute Gasteiger partial charge is 0.251 e. The molecule has 25 heavy (non-hydrogen) atoms.